The van der Waals surface area contributed by atoms with Crippen LogP contribution < -0.4 is 30.7 Å². The van der Waals surface area contributed by atoms with Gasteiger partial charge in [-0.05, 0) is 68.0 Å². The molecule has 1 unspecified atom stereocenters. The second kappa shape index (κ2) is 18.2. The molecule has 0 saturated carbocycles. The van der Waals surface area contributed by atoms with Gasteiger partial charge < -0.3 is 35.2 Å². The van der Waals surface area contributed by atoms with Crippen LogP contribution in [-0.4, -0.2) is 62.6 Å². The molecule has 5 rings (SSSR count). The second-order valence-corrected chi connectivity index (χ2v) is 11.8. The first-order chi connectivity index (χ1) is 21.8. The summed E-state index contributed by atoms with van der Waals surface area (Å²) in [5.74, 6) is 1.17. The van der Waals surface area contributed by atoms with E-state index in [1.54, 1.807) is 12.3 Å². The van der Waals surface area contributed by atoms with E-state index in [1.807, 2.05) is 42.5 Å². The highest BCUT2D eigenvalue weighted by atomic mass is 35.5. The molecule has 0 radical (unpaired) electrons. The van der Waals surface area contributed by atoms with Gasteiger partial charge >= 0.3 is 0 Å². The molecule has 3 aromatic rings. The fourth-order valence-corrected chi connectivity index (χ4v) is 5.21. The smallest absolute Gasteiger partial charge is 0.257 e. The number of oxazole rings is 1. The third kappa shape index (κ3) is 10.8. The first-order valence-corrected chi connectivity index (χ1v) is 15.6. The van der Waals surface area contributed by atoms with Crippen LogP contribution in [0.2, 0.25) is 0 Å². The number of nitrogens with one attached hydrogen (secondary N) is 4. The highest BCUT2D eigenvalue weighted by Crippen LogP contribution is 2.35. The quantitative estimate of drug-likeness (QED) is 0.266. The number of rotatable bonds is 8. The molecule has 0 spiro atoms. The van der Waals surface area contributed by atoms with Gasteiger partial charge in [-0.25, -0.2) is 4.98 Å². The van der Waals surface area contributed by atoms with E-state index in [-0.39, 0.29) is 49.8 Å². The molecule has 11 nitrogen and oxygen atoms in total. The number of carbonyl (C=O) groups is 3. The van der Waals surface area contributed by atoms with Crippen LogP contribution in [0.1, 0.15) is 50.8 Å². The largest absolute Gasteiger partial charge is 0.493 e. The standard InChI is InChI=1S/C34H45N5O6.ClH/c1-24(2)13-14-34(33(42)37-20-27-21-45-32(39-27)26-8-5-4-6-9-26)19-25-11-12-28(29(18-25)43-3)44-22-31(41)36-17-16-35-15-7-10-30(40)38-23-34;/h4-6,8-9,11-12,18,21,24,35H,7,10,13-17,19-20,22-23H2,1-3H3,(H,36,41)(H,37,42)(H,38,40);1H. The summed E-state index contributed by atoms with van der Waals surface area (Å²) in [7, 11) is 1.54. The molecule has 3 heterocycles. The van der Waals surface area contributed by atoms with Crippen molar-refractivity contribution in [1.82, 2.24) is 26.3 Å². The summed E-state index contributed by atoms with van der Waals surface area (Å²) in [4.78, 5) is 44.0. The van der Waals surface area contributed by atoms with E-state index >= 15 is 0 Å². The zero-order valence-electron chi connectivity index (χ0n) is 26.9. The number of hydrogen-bond donors (Lipinski definition) is 4. The molecule has 2 bridgehead atoms. The van der Waals surface area contributed by atoms with Crippen LogP contribution >= 0.6 is 12.4 Å². The lowest BCUT2D eigenvalue weighted by Crippen LogP contribution is -2.50. The number of hydrogen-bond acceptors (Lipinski definition) is 8. The van der Waals surface area contributed by atoms with Crippen LogP contribution in [0.3, 0.4) is 0 Å². The Kier molecular flexibility index (Phi) is 14.4. The molecule has 2 aliphatic rings. The summed E-state index contributed by atoms with van der Waals surface area (Å²) in [5, 5.41) is 12.2. The monoisotopic (exact) mass is 655 g/mol. The fraction of sp³-hybridized carbons (Fsp3) is 0.471. The third-order valence-corrected chi connectivity index (χ3v) is 7.82. The Morgan fingerprint density at radius 2 is 1.87 bits per heavy atom. The van der Waals surface area contributed by atoms with Crippen molar-refractivity contribution in [2.75, 3.05) is 39.9 Å². The van der Waals surface area contributed by atoms with Gasteiger partial charge in [-0.15, -0.1) is 12.4 Å². The average Bonchev–Trinajstić information content (AvgIpc) is 3.53. The maximum atomic E-state index is 14.2. The van der Waals surface area contributed by atoms with Crippen LogP contribution in [-0.2, 0) is 27.3 Å². The van der Waals surface area contributed by atoms with E-state index in [2.05, 4.69) is 40.1 Å². The van der Waals surface area contributed by atoms with Gasteiger partial charge in [0.1, 0.15) is 6.26 Å². The Hall–Kier alpha value is -4.09. The topological polar surface area (TPSA) is 144 Å². The number of amides is 3. The molecular weight excluding hydrogens is 610 g/mol. The van der Waals surface area contributed by atoms with Crippen molar-refractivity contribution in [1.29, 1.82) is 0 Å². The number of benzene rings is 2. The molecule has 1 atom stereocenters. The van der Waals surface area contributed by atoms with Gasteiger partial charge in [-0.2, -0.15) is 0 Å². The number of halogens is 1. The van der Waals surface area contributed by atoms with E-state index < -0.39 is 5.41 Å². The highest BCUT2D eigenvalue weighted by molar-refractivity contribution is 5.85. The van der Waals surface area contributed by atoms with Gasteiger partial charge in [0.05, 0.1) is 24.8 Å². The summed E-state index contributed by atoms with van der Waals surface area (Å²) < 4.78 is 17.0. The molecule has 250 valence electrons. The van der Waals surface area contributed by atoms with Crippen molar-refractivity contribution in [3.63, 3.8) is 0 Å². The number of ether oxygens (including phenoxy) is 2. The average molecular weight is 656 g/mol. The Morgan fingerprint density at radius 1 is 1.07 bits per heavy atom. The highest BCUT2D eigenvalue weighted by Gasteiger charge is 2.39. The fourth-order valence-electron chi connectivity index (χ4n) is 5.21. The van der Waals surface area contributed by atoms with Crippen molar-refractivity contribution in [3.8, 4) is 23.0 Å². The van der Waals surface area contributed by atoms with E-state index in [9.17, 15) is 14.4 Å². The van der Waals surface area contributed by atoms with Gasteiger partial charge in [-0.1, -0.05) is 38.1 Å². The molecule has 0 aliphatic carbocycles. The molecule has 46 heavy (non-hydrogen) atoms. The minimum atomic E-state index is -0.958. The van der Waals surface area contributed by atoms with E-state index in [1.165, 1.54) is 7.11 Å². The molecule has 0 fully saturated rings. The van der Waals surface area contributed by atoms with Crippen molar-refractivity contribution < 1.29 is 28.3 Å². The van der Waals surface area contributed by atoms with Gasteiger partial charge in [0.2, 0.25) is 17.7 Å². The second-order valence-electron chi connectivity index (χ2n) is 11.8. The third-order valence-electron chi connectivity index (χ3n) is 7.82. The zero-order valence-corrected chi connectivity index (χ0v) is 27.7. The minimum Gasteiger partial charge on any atom is -0.493 e. The predicted molar refractivity (Wildman–Crippen MR) is 178 cm³/mol. The number of carbonyl (C=O) groups excluding carboxylic acids is 3. The van der Waals surface area contributed by atoms with Crippen LogP contribution in [0.5, 0.6) is 11.5 Å². The number of fused-ring (bicyclic) bond motifs is 16. The summed E-state index contributed by atoms with van der Waals surface area (Å²) >= 11 is 0. The van der Waals surface area contributed by atoms with Gasteiger partial charge in [-0.3, -0.25) is 14.4 Å². The Morgan fingerprint density at radius 3 is 2.63 bits per heavy atom. The number of nitrogens with zero attached hydrogens (tertiary/aromatic N) is 1. The van der Waals surface area contributed by atoms with Crippen molar-refractivity contribution in [2.45, 2.75) is 52.5 Å². The lowest BCUT2D eigenvalue weighted by Gasteiger charge is -2.34. The lowest BCUT2D eigenvalue weighted by atomic mass is 9.75. The number of methoxy groups -OCH3 is 1. The molecule has 0 saturated heterocycles. The maximum absolute atomic E-state index is 14.2. The molecule has 3 amide bonds. The van der Waals surface area contributed by atoms with Crippen molar-refractivity contribution in [2.24, 2.45) is 11.3 Å². The van der Waals surface area contributed by atoms with Crippen LogP contribution in [0.15, 0.2) is 59.2 Å². The molecule has 2 aromatic carbocycles. The molecular formula is C34H46ClN5O6. The van der Waals surface area contributed by atoms with Crippen molar-refractivity contribution >= 4 is 30.1 Å². The lowest BCUT2D eigenvalue weighted by molar-refractivity contribution is -0.132. The van der Waals surface area contributed by atoms with E-state index in [0.717, 1.165) is 17.5 Å². The molecule has 12 heteroatoms. The summed E-state index contributed by atoms with van der Waals surface area (Å²) in [6, 6.07) is 15.0. The van der Waals surface area contributed by atoms with E-state index in [4.69, 9.17) is 13.9 Å². The van der Waals surface area contributed by atoms with Crippen LogP contribution in [0, 0.1) is 11.3 Å². The maximum Gasteiger partial charge on any atom is 0.257 e. The minimum absolute atomic E-state index is 0. The SMILES string of the molecule is COc1cc2ccc1OCC(=O)NCCNCCCC(=O)NCC(CCC(C)C)(C(=O)NCc1coc(-c3ccccc3)n1)C2.Cl. The van der Waals surface area contributed by atoms with Gasteiger partial charge in [0, 0.05) is 31.6 Å². The van der Waals surface area contributed by atoms with Crippen molar-refractivity contribution in [3.05, 3.63) is 66.1 Å². The van der Waals surface area contributed by atoms with Crippen LogP contribution in [0.25, 0.3) is 11.5 Å². The normalized spacial score (nSPS) is 18.2. The Labute approximate surface area is 277 Å². The van der Waals surface area contributed by atoms with E-state index in [0.29, 0.717) is 74.3 Å². The number of aromatic nitrogens is 1. The molecule has 4 N–H and O–H groups in total. The van der Waals surface area contributed by atoms with Crippen LogP contribution in [0.4, 0.5) is 0 Å². The Balaban J connectivity index is 0.00000576. The summed E-state index contributed by atoms with van der Waals surface area (Å²) in [5.41, 5.74) is 1.33. The summed E-state index contributed by atoms with van der Waals surface area (Å²) in [6.45, 7) is 6.08. The first kappa shape index (κ1) is 36.4. The Bertz CT molecular complexity index is 1420. The zero-order chi connectivity index (χ0) is 32.1. The molecule has 1 aromatic heterocycles. The van der Waals surface area contributed by atoms with Gasteiger partial charge in [0.25, 0.3) is 5.91 Å². The first-order valence-electron chi connectivity index (χ1n) is 15.6. The van der Waals surface area contributed by atoms with Gasteiger partial charge in [0.15, 0.2) is 18.1 Å². The predicted octanol–water partition coefficient (Wildman–Crippen LogP) is 4.05. The summed E-state index contributed by atoms with van der Waals surface area (Å²) in [6.07, 6.45) is 4.17. The molecule has 2 aliphatic heterocycles.